The van der Waals surface area contributed by atoms with Crippen molar-refractivity contribution < 1.29 is 35.5 Å². The molecule has 0 spiro atoms. The van der Waals surface area contributed by atoms with E-state index in [-0.39, 0.29) is 11.8 Å². The van der Waals surface area contributed by atoms with E-state index < -0.39 is 41.2 Å². The van der Waals surface area contributed by atoms with Crippen LogP contribution in [0.3, 0.4) is 0 Å². The quantitative estimate of drug-likeness (QED) is 0.216. The van der Waals surface area contributed by atoms with Crippen LogP contribution in [0.25, 0.3) is 0 Å². The van der Waals surface area contributed by atoms with Crippen molar-refractivity contribution in [2.45, 2.75) is 88.5 Å². The van der Waals surface area contributed by atoms with Crippen molar-refractivity contribution in [2.24, 2.45) is 11.8 Å². The Balaban J connectivity index is 1.23. The first-order valence-electron chi connectivity index (χ1n) is 14.0. The maximum Gasteiger partial charge on any atom is 0.419 e. The third-order valence-corrected chi connectivity index (χ3v) is 8.21. The molecule has 0 saturated heterocycles. The van der Waals surface area contributed by atoms with Crippen LogP contribution in [-0.4, -0.2) is 6.10 Å². The third-order valence-electron chi connectivity index (χ3n) is 8.21. The molecule has 40 heavy (non-hydrogen) atoms. The molecule has 2 aromatic carbocycles. The highest BCUT2D eigenvalue weighted by Gasteiger charge is 2.40. The molecule has 4 rings (SSSR count). The first-order valence-corrected chi connectivity index (χ1v) is 14.0. The predicted octanol–water partition coefficient (Wildman–Crippen LogP) is 10.3. The van der Waals surface area contributed by atoms with Crippen LogP contribution >= 0.6 is 0 Å². The number of aryl methyl sites for hydroxylation is 1. The van der Waals surface area contributed by atoms with Gasteiger partial charge in [0.2, 0.25) is 0 Å². The Kier molecular flexibility index (Phi) is 9.80. The van der Waals surface area contributed by atoms with Crippen molar-refractivity contribution in [1.29, 1.82) is 0 Å². The molecule has 0 N–H and O–H groups in total. The SMILES string of the molecule is C=CCCc1ccc(C(F)(F)OC2CCC(/C=C/C3CCC(c4ccc(C(F)(F)F)c(F)c4)CC3)CC2)c(F)c1. The summed E-state index contributed by atoms with van der Waals surface area (Å²) in [4.78, 5) is 0. The smallest absolute Gasteiger partial charge is 0.313 e. The van der Waals surface area contributed by atoms with E-state index >= 15 is 0 Å². The molecule has 2 fully saturated rings. The standard InChI is InChI=1S/C32H35F7O/c1-2-3-4-23-11-17-28(29(33)19-23)32(38,39)40-26-15-9-22(10-16-26)6-5-21-7-12-24(13-8-21)25-14-18-27(30(34)20-25)31(35,36)37/h2,5-6,11,14,17-22,24,26H,1,3-4,7-10,12-13,15-16H2/b6-5+. The number of rotatable bonds is 9. The monoisotopic (exact) mass is 568 g/mol. The zero-order valence-electron chi connectivity index (χ0n) is 22.3. The van der Waals surface area contributed by atoms with Crippen LogP contribution in [0.5, 0.6) is 0 Å². The average molecular weight is 569 g/mol. The van der Waals surface area contributed by atoms with Gasteiger partial charge in [0.25, 0.3) is 0 Å². The highest BCUT2D eigenvalue weighted by molar-refractivity contribution is 5.29. The van der Waals surface area contributed by atoms with Crippen LogP contribution in [0.1, 0.15) is 86.0 Å². The van der Waals surface area contributed by atoms with Gasteiger partial charge in [-0.2, -0.15) is 22.0 Å². The lowest BCUT2D eigenvalue weighted by molar-refractivity contribution is -0.279. The maximum absolute atomic E-state index is 14.8. The van der Waals surface area contributed by atoms with Crippen LogP contribution in [-0.2, 0) is 23.4 Å². The molecule has 0 aliphatic heterocycles. The minimum atomic E-state index is -4.70. The minimum Gasteiger partial charge on any atom is -0.313 e. The molecule has 2 aromatic rings. The molecule has 2 saturated carbocycles. The Morgan fingerprint density at radius 1 is 0.750 bits per heavy atom. The molecule has 218 valence electrons. The third kappa shape index (κ3) is 7.77. The number of hydrogen-bond donors (Lipinski definition) is 0. The van der Waals surface area contributed by atoms with Gasteiger partial charge in [-0.25, -0.2) is 8.78 Å². The molecular weight excluding hydrogens is 533 g/mol. The maximum atomic E-state index is 14.8. The number of ether oxygens (including phenoxy) is 1. The molecule has 0 heterocycles. The molecule has 0 aromatic heterocycles. The summed E-state index contributed by atoms with van der Waals surface area (Å²) in [5, 5.41) is 0. The van der Waals surface area contributed by atoms with E-state index in [1.165, 1.54) is 12.1 Å². The van der Waals surface area contributed by atoms with Gasteiger partial charge in [0.1, 0.15) is 11.6 Å². The molecular formula is C32H35F7O. The topological polar surface area (TPSA) is 9.23 Å². The normalized spacial score (nSPS) is 24.4. The molecule has 1 nitrogen and oxygen atoms in total. The summed E-state index contributed by atoms with van der Waals surface area (Å²) >= 11 is 0. The Bertz CT molecular complexity index is 1170. The van der Waals surface area contributed by atoms with Gasteiger partial charge in [0, 0.05) is 0 Å². The fourth-order valence-corrected chi connectivity index (χ4v) is 5.87. The van der Waals surface area contributed by atoms with Crippen molar-refractivity contribution in [3.63, 3.8) is 0 Å². The van der Waals surface area contributed by atoms with Gasteiger partial charge < -0.3 is 4.74 Å². The Labute approximate surface area is 231 Å². The number of halogens is 7. The van der Waals surface area contributed by atoms with E-state index in [4.69, 9.17) is 4.74 Å². The number of alkyl halides is 5. The second-order valence-corrected chi connectivity index (χ2v) is 11.0. The largest absolute Gasteiger partial charge is 0.419 e. The minimum absolute atomic E-state index is 0.0314. The van der Waals surface area contributed by atoms with Crippen LogP contribution in [0.4, 0.5) is 30.7 Å². The second kappa shape index (κ2) is 12.9. The summed E-state index contributed by atoms with van der Waals surface area (Å²) < 4.78 is 101. The summed E-state index contributed by atoms with van der Waals surface area (Å²) in [5.74, 6) is -1.60. The van der Waals surface area contributed by atoms with Crippen LogP contribution < -0.4 is 0 Å². The molecule has 0 radical (unpaired) electrons. The van der Waals surface area contributed by atoms with Gasteiger partial charge in [-0.15, -0.1) is 6.58 Å². The molecule has 8 heteroatoms. The highest BCUT2D eigenvalue weighted by Crippen LogP contribution is 2.40. The van der Waals surface area contributed by atoms with Crippen LogP contribution in [0, 0.1) is 23.5 Å². The van der Waals surface area contributed by atoms with Crippen molar-refractivity contribution >= 4 is 0 Å². The summed E-state index contributed by atoms with van der Waals surface area (Å²) in [6.07, 6.45) is 3.63. The van der Waals surface area contributed by atoms with Crippen molar-refractivity contribution in [3.05, 3.63) is 95.1 Å². The fraction of sp³-hybridized carbons (Fsp3) is 0.500. The molecule has 0 atom stereocenters. The number of hydrogen-bond acceptors (Lipinski definition) is 1. The fourth-order valence-electron chi connectivity index (χ4n) is 5.87. The summed E-state index contributed by atoms with van der Waals surface area (Å²) in [7, 11) is 0. The Hall–Kier alpha value is -2.61. The van der Waals surface area contributed by atoms with E-state index in [1.54, 1.807) is 6.08 Å². The first kappa shape index (κ1) is 30.4. The van der Waals surface area contributed by atoms with E-state index in [9.17, 15) is 30.7 Å². The van der Waals surface area contributed by atoms with E-state index in [0.29, 0.717) is 55.6 Å². The number of allylic oxidation sites excluding steroid dienone is 3. The van der Waals surface area contributed by atoms with Crippen molar-refractivity contribution in [3.8, 4) is 0 Å². The van der Waals surface area contributed by atoms with Gasteiger partial charge in [-0.3, -0.25) is 0 Å². The zero-order chi connectivity index (χ0) is 28.9. The first-order chi connectivity index (χ1) is 19.0. The molecule has 0 amide bonds. The second-order valence-electron chi connectivity index (χ2n) is 11.0. The molecule has 0 unspecified atom stereocenters. The van der Waals surface area contributed by atoms with Gasteiger partial charge >= 0.3 is 12.3 Å². The van der Waals surface area contributed by atoms with E-state index in [0.717, 1.165) is 49.9 Å². The molecule has 2 aliphatic rings. The lowest BCUT2D eigenvalue weighted by atomic mass is 9.77. The van der Waals surface area contributed by atoms with Crippen molar-refractivity contribution in [1.82, 2.24) is 0 Å². The Morgan fingerprint density at radius 3 is 1.88 bits per heavy atom. The van der Waals surface area contributed by atoms with Crippen LogP contribution in [0.2, 0.25) is 0 Å². The van der Waals surface area contributed by atoms with Gasteiger partial charge in [0.15, 0.2) is 0 Å². The van der Waals surface area contributed by atoms with Gasteiger partial charge in [-0.05, 0) is 117 Å². The van der Waals surface area contributed by atoms with Crippen LogP contribution in [0.15, 0.2) is 61.2 Å². The predicted molar refractivity (Wildman–Crippen MR) is 141 cm³/mol. The molecule has 0 bridgehead atoms. The summed E-state index contributed by atoms with van der Waals surface area (Å²) in [6, 6.07) is 6.95. The average Bonchev–Trinajstić information content (AvgIpc) is 2.90. The summed E-state index contributed by atoms with van der Waals surface area (Å²) in [5.41, 5.74) is -0.748. The van der Waals surface area contributed by atoms with E-state index in [2.05, 4.69) is 18.7 Å². The zero-order valence-corrected chi connectivity index (χ0v) is 22.3. The van der Waals surface area contributed by atoms with Gasteiger partial charge in [0.05, 0.1) is 17.2 Å². The lowest BCUT2D eigenvalue weighted by Gasteiger charge is -2.31. The summed E-state index contributed by atoms with van der Waals surface area (Å²) in [6.45, 7) is 3.61. The molecule has 2 aliphatic carbocycles. The van der Waals surface area contributed by atoms with Crippen molar-refractivity contribution in [2.75, 3.05) is 0 Å². The van der Waals surface area contributed by atoms with E-state index in [1.807, 2.05) is 0 Å². The number of benzene rings is 2. The van der Waals surface area contributed by atoms with Gasteiger partial charge in [-0.1, -0.05) is 30.4 Å². The highest BCUT2D eigenvalue weighted by atomic mass is 19.4. The lowest BCUT2D eigenvalue weighted by Crippen LogP contribution is -2.30. The Morgan fingerprint density at radius 2 is 1.32 bits per heavy atom.